The zero-order chi connectivity index (χ0) is 18.1. The van der Waals surface area contributed by atoms with Crippen molar-refractivity contribution in [3.63, 3.8) is 0 Å². The largest absolute Gasteiger partial charge is 0.327 e. The zero-order valence-electron chi connectivity index (χ0n) is 15.7. The van der Waals surface area contributed by atoms with Crippen molar-refractivity contribution in [1.29, 1.82) is 0 Å². The van der Waals surface area contributed by atoms with Gasteiger partial charge in [-0.3, -0.25) is 9.59 Å². The van der Waals surface area contributed by atoms with Crippen LogP contribution in [-0.4, -0.2) is 24.4 Å². The molecule has 1 aromatic rings. The van der Waals surface area contributed by atoms with Crippen LogP contribution in [0.15, 0.2) is 24.3 Å². The molecule has 5 nitrogen and oxygen atoms in total. The molecule has 0 aromatic heterocycles. The average molecular weight is 392 g/mol. The van der Waals surface area contributed by atoms with E-state index in [0.29, 0.717) is 18.3 Å². The lowest BCUT2D eigenvalue weighted by Crippen LogP contribution is -2.48. The molecule has 0 radical (unpaired) electrons. The molecule has 1 heterocycles. The molecule has 0 spiro atoms. The van der Waals surface area contributed by atoms with E-state index in [1.165, 1.54) is 6.42 Å². The maximum atomic E-state index is 12.8. The number of nitrogens with one attached hydrogen (secondary N) is 1. The van der Waals surface area contributed by atoms with Crippen LogP contribution in [0, 0.1) is 17.8 Å². The molecule has 1 aliphatic heterocycles. The van der Waals surface area contributed by atoms with Gasteiger partial charge in [0.25, 0.3) is 0 Å². The van der Waals surface area contributed by atoms with Crippen molar-refractivity contribution in [3.8, 4) is 0 Å². The summed E-state index contributed by atoms with van der Waals surface area (Å²) >= 11 is 0. The van der Waals surface area contributed by atoms with Crippen molar-refractivity contribution in [1.82, 2.24) is 0 Å². The third-order valence-electron chi connectivity index (χ3n) is 6.53. The van der Waals surface area contributed by atoms with Gasteiger partial charge in [0.1, 0.15) is 0 Å². The first-order valence-corrected chi connectivity index (χ1v) is 10.1. The zero-order valence-corrected chi connectivity index (χ0v) is 16.5. The molecule has 2 saturated carbocycles. The minimum atomic E-state index is 0. The Bertz CT molecular complexity index is 682. The van der Waals surface area contributed by atoms with Crippen LogP contribution in [-0.2, 0) is 9.59 Å². The molecule has 148 valence electrons. The average Bonchev–Trinajstić information content (AvgIpc) is 2.62. The lowest BCUT2D eigenvalue weighted by Gasteiger charge is -2.43. The summed E-state index contributed by atoms with van der Waals surface area (Å²) in [5, 5.41) is 3.09. The van der Waals surface area contributed by atoms with Crippen molar-refractivity contribution in [2.24, 2.45) is 23.5 Å². The van der Waals surface area contributed by atoms with E-state index in [-0.39, 0.29) is 36.2 Å². The Kier molecular flexibility index (Phi) is 6.43. The van der Waals surface area contributed by atoms with Gasteiger partial charge in [-0.1, -0.05) is 12.5 Å². The highest BCUT2D eigenvalue weighted by molar-refractivity contribution is 5.96. The number of hydrogen-bond acceptors (Lipinski definition) is 3. The molecular formula is C21H30ClN3O2. The third-order valence-corrected chi connectivity index (χ3v) is 6.53. The molecule has 3 aliphatic rings. The predicted octanol–water partition coefficient (Wildman–Crippen LogP) is 3.72. The van der Waals surface area contributed by atoms with Crippen molar-refractivity contribution in [2.45, 2.75) is 57.4 Å². The number of carbonyl (C=O) groups excluding carboxylic acids is 2. The number of fused-ring (bicyclic) bond motifs is 2. The minimum Gasteiger partial charge on any atom is -0.327 e. The molecule has 3 fully saturated rings. The number of benzene rings is 1. The summed E-state index contributed by atoms with van der Waals surface area (Å²) in [6, 6.07) is 7.98. The van der Waals surface area contributed by atoms with Crippen LogP contribution in [0.5, 0.6) is 0 Å². The van der Waals surface area contributed by atoms with Gasteiger partial charge in [0.2, 0.25) is 11.8 Å². The highest BCUT2D eigenvalue weighted by atomic mass is 35.5. The predicted molar refractivity (Wildman–Crippen MR) is 110 cm³/mol. The van der Waals surface area contributed by atoms with Gasteiger partial charge in [-0.2, -0.15) is 0 Å². The smallest absolute Gasteiger partial charge is 0.227 e. The normalized spacial score (nSPS) is 30.4. The number of nitrogens with zero attached hydrogens (tertiary/aromatic N) is 1. The van der Waals surface area contributed by atoms with Gasteiger partial charge in [-0.05, 0) is 68.6 Å². The van der Waals surface area contributed by atoms with E-state index in [2.05, 4.69) is 5.32 Å². The summed E-state index contributed by atoms with van der Waals surface area (Å²) in [4.78, 5) is 26.8. The molecule has 2 amide bonds. The highest BCUT2D eigenvalue weighted by Crippen LogP contribution is 2.42. The monoisotopic (exact) mass is 391 g/mol. The molecule has 1 saturated heterocycles. The van der Waals surface area contributed by atoms with Gasteiger partial charge < -0.3 is 16.0 Å². The van der Waals surface area contributed by atoms with Crippen molar-refractivity contribution in [3.05, 3.63) is 24.3 Å². The summed E-state index contributed by atoms with van der Waals surface area (Å²) in [5.41, 5.74) is 8.01. The maximum Gasteiger partial charge on any atom is 0.227 e. The van der Waals surface area contributed by atoms with E-state index < -0.39 is 0 Å². The Morgan fingerprint density at radius 2 is 1.85 bits per heavy atom. The molecule has 2 atom stereocenters. The summed E-state index contributed by atoms with van der Waals surface area (Å²) in [6.45, 7) is 0.764. The van der Waals surface area contributed by atoms with Crippen LogP contribution in [0.2, 0.25) is 0 Å². The Balaban J connectivity index is 0.00000210. The van der Waals surface area contributed by atoms with Crippen LogP contribution < -0.4 is 16.0 Å². The van der Waals surface area contributed by atoms with E-state index in [9.17, 15) is 9.59 Å². The summed E-state index contributed by atoms with van der Waals surface area (Å²) in [6.07, 6.45) is 8.01. The van der Waals surface area contributed by atoms with Gasteiger partial charge in [-0.25, -0.2) is 0 Å². The van der Waals surface area contributed by atoms with Gasteiger partial charge in [0, 0.05) is 36.3 Å². The number of hydrogen-bond donors (Lipinski definition) is 2. The Morgan fingerprint density at radius 3 is 2.56 bits per heavy atom. The number of halogens is 1. The van der Waals surface area contributed by atoms with Gasteiger partial charge >= 0.3 is 0 Å². The van der Waals surface area contributed by atoms with Gasteiger partial charge in [-0.15, -0.1) is 12.4 Å². The SMILES string of the molecule is Cl.NC1C2CCCC1CC(C(=O)Nc1cccc(N3CCCCC3=O)c1)C2. The lowest BCUT2D eigenvalue weighted by molar-refractivity contribution is -0.122. The molecular weight excluding hydrogens is 362 g/mol. The van der Waals surface area contributed by atoms with Crippen molar-refractivity contribution < 1.29 is 9.59 Å². The second kappa shape index (κ2) is 8.61. The maximum absolute atomic E-state index is 12.8. The first-order chi connectivity index (χ1) is 12.6. The van der Waals surface area contributed by atoms with Crippen LogP contribution in [0.4, 0.5) is 11.4 Å². The fourth-order valence-corrected chi connectivity index (χ4v) is 5.08. The molecule has 6 heteroatoms. The first-order valence-electron chi connectivity index (χ1n) is 10.1. The topological polar surface area (TPSA) is 75.4 Å². The summed E-state index contributed by atoms with van der Waals surface area (Å²) in [7, 11) is 0. The lowest BCUT2D eigenvalue weighted by atomic mass is 9.65. The van der Waals surface area contributed by atoms with Crippen molar-refractivity contribution in [2.75, 3.05) is 16.8 Å². The van der Waals surface area contributed by atoms with Gasteiger partial charge in [0.05, 0.1) is 0 Å². The standard InChI is InChI=1S/C21H29N3O2.ClH/c22-20-14-5-3-6-15(20)12-16(11-14)21(26)23-17-7-4-8-18(13-17)24-10-2-1-9-19(24)25;/h4,7-8,13-16,20H,1-3,5-6,9-12,22H2,(H,23,26);1H. The molecule has 3 N–H and O–H groups in total. The van der Waals surface area contributed by atoms with Crippen LogP contribution in [0.1, 0.15) is 51.4 Å². The molecule has 27 heavy (non-hydrogen) atoms. The number of carbonyl (C=O) groups is 2. The van der Waals surface area contributed by atoms with E-state index >= 15 is 0 Å². The summed E-state index contributed by atoms with van der Waals surface area (Å²) in [5.74, 6) is 1.33. The third kappa shape index (κ3) is 4.30. The molecule has 2 aliphatic carbocycles. The Hall–Kier alpha value is -1.59. The first kappa shape index (κ1) is 20.2. The Labute approximate surface area is 167 Å². The van der Waals surface area contributed by atoms with Crippen LogP contribution in [0.25, 0.3) is 0 Å². The fourth-order valence-electron chi connectivity index (χ4n) is 5.08. The number of rotatable bonds is 3. The number of amides is 2. The van der Waals surface area contributed by atoms with Crippen LogP contribution in [0.3, 0.4) is 0 Å². The fraction of sp³-hybridized carbons (Fsp3) is 0.619. The molecule has 1 aromatic carbocycles. The second-order valence-electron chi connectivity index (χ2n) is 8.24. The van der Waals surface area contributed by atoms with Crippen molar-refractivity contribution >= 4 is 35.6 Å². The Morgan fingerprint density at radius 1 is 1.11 bits per heavy atom. The molecule has 2 bridgehead atoms. The number of piperidine rings is 1. The second-order valence-corrected chi connectivity index (χ2v) is 8.24. The van der Waals surface area contributed by atoms with E-state index in [4.69, 9.17) is 5.73 Å². The van der Waals surface area contributed by atoms with Crippen LogP contribution >= 0.6 is 12.4 Å². The molecule has 2 unspecified atom stereocenters. The summed E-state index contributed by atoms with van der Waals surface area (Å²) < 4.78 is 0. The van der Waals surface area contributed by atoms with E-state index in [0.717, 1.165) is 56.4 Å². The number of nitrogens with two attached hydrogens (primary N) is 1. The van der Waals surface area contributed by atoms with E-state index in [1.54, 1.807) is 0 Å². The minimum absolute atomic E-state index is 0. The highest BCUT2D eigenvalue weighted by Gasteiger charge is 2.40. The number of anilines is 2. The quantitative estimate of drug-likeness (QED) is 0.824. The van der Waals surface area contributed by atoms with Gasteiger partial charge in [0.15, 0.2) is 0 Å². The molecule has 4 rings (SSSR count). The van der Waals surface area contributed by atoms with E-state index in [1.807, 2.05) is 29.2 Å².